The number of aliphatic carboxylic acids is 1. The van der Waals surface area contributed by atoms with Crippen LogP contribution in [0.25, 0.3) is 0 Å². The molecule has 14 heteroatoms. The average Bonchev–Trinajstić information content (AvgIpc) is 3.03. The topological polar surface area (TPSA) is 139 Å². The first-order valence-electron chi connectivity index (χ1n) is 6.73. The fourth-order valence-electron chi connectivity index (χ4n) is 2.40. The summed E-state index contributed by atoms with van der Waals surface area (Å²) in [4.78, 5) is 52.1. The zero-order valence-electron chi connectivity index (χ0n) is 13.6. The summed E-state index contributed by atoms with van der Waals surface area (Å²) in [6, 6.07) is -1.43. The Hall–Kier alpha value is -0.530. The number of carboxylic acid groups (broad SMARTS) is 1. The van der Waals surface area contributed by atoms with Gasteiger partial charge in [-0.3, -0.25) is 19.2 Å². The van der Waals surface area contributed by atoms with Gasteiger partial charge in [0.2, 0.25) is 0 Å². The van der Waals surface area contributed by atoms with Crippen molar-refractivity contribution < 1.29 is 68.0 Å². The van der Waals surface area contributed by atoms with Crippen LogP contribution in [-0.2, 0) is 40.1 Å². The second kappa shape index (κ2) is 9.11. The number of carbonyl (C=O) groups excluding carboxylic acids is 4. The maximum absolute atomic E-state index is 12.5. The van der Waals surface area contributed by atoms with Crippen molar-refractivity contribution in [3.8, 4) is 0 Å². The molecule has 0 N–H and O–H groups in total. The molecule has 2 saturated heterocycles. The minimum absolute atomic E-state index is 0. The van der Waals surface area contributed by atoms with E-state index in [1.54, 1.807) is 0 Å². The first kappa shape index (κ1) is 23.5. The van der Waals surface area contributed by atoms with Crippen LogP contribution in [0.1, 0.15) is 19.8 Å². The Labute approximate surface area is 182 Å². The van der Waals surface area contributed by atoms with Gasteiger partial charge in [-0.1, -0.05) is 23.2 Å². The molecule has 0 aromatic rings. The zero-order valence-corrected chi connectivity index (χ0v) is 17.9. The molecule has 2 heterocycles. The van der Waals surface area contributed by atoms with Gasteiger partial charge < -0.3 is 19.2 Å². The number of ether oxygens (including phenoxy) is 1. The maximum Gasteiger partial charge on any atom is 1.00 e. The van der Waals surface area contributed by atoms with Crippen LogP contribution in [0.2, 0.25) is 0 Å². The van der Waals surface area contributed by atoms with Gasteiger partial charge in [0.05, 0.1) is 6.42 Å². The molecule has 0 saturated carbocycles. The minimum Gasteiger partial charge on any atom is -0.588 e. The van der Waals surface area contributed by atoms with E-state index in [4.69, 9.17) is 32.8 Å². The van der Waals surface area contributed by atoms with Gasteiger partial charge in [0.15, 0.2) is 15.9 Å². The molecule has 26 heavy (non-hydrogen) atoms. The SMILES string of the molecule is CC(=O)N([C@H]1CON(C2(C(=O)[O-])CCC(=O)O2)C1=O)[S+]([O-])C=C(Cl)Cl.[Na+]. The molecule has 10 nitrogen and oxygen atoms in total. The molecule has 138 valence electrons. The molecule has 0 aromatic carbocycles. The molecule has 2 unspecified atom stereocenters. The van der Waals surface area contributed by atoms with Crippen molar-refractivity contribution in [3.63, 3.8) is 0 Å². The van der Waals surface area contributed by atoms with Crippen molar-refractivity contribution in [3.05, 3.63) is 9.90 Å². The number of carbonyl (C=O) groups is 4. The molecular formula is C12H11Cl2N2NaO8S. The molecule has 0 spiro atoms. The molecule has 2 aliphatic rings. The number of hydrogen-bond acceptors (Lipinski definition) is 8. The summed E-state index contributed by atoms with van der Waals surface area (Å²) in [5, 5.41) is 12.6. The Morgan fingerprint density at radius 2 is 2.04 bits per heavy atom. The van der Waals surface area contributed by atoms with Crippen LogP contribution in [0, 0.1) is 0 Å². The maximum atomic E-state index is 12.5. The smallest absolute Gasteiger partial charge is 0.588 e. The van der Waals surface area contributed by atoms with Crippen molar-refractivity contribution in [2.75, 3.05) is 6.61 Å². The van der Waals surface area contributed by atoms with Crippen LogP contribution >= 0.6 is 23.2 Å². The largest absolute Gasteiger partial charge is 1.00 e. The number of hydrogen-bond donors (Lipinski definition) is 0. The van der Waals surface area contributed by atoms with E-state index >= 15 is 0 Å². The number of hydroxylamine groups is 2. The summed E-state index contributed by atoms with van der Waals surface area (Å²) >= 11 is 8.59. The molecule has 0 aliphatic carbocycles. The van der Waals surface area contributed by atoms with Crippen LogP contribution in [-0.4, -0.2) is 56.0 Å². The average molecular weight is 437 g/mol. The quantitative estimate of drug-likeness (QED) is 0.239. The van der Waals surface area contributed by atoms with E-state index < -0.39 is 58.0 Å². The van der Waals surface area contributed by atoms with Gasteiger partial charge in [-0.15, -0.1) is 4.31 Å². The summed E-state index contributed by atoms with van der Waals surface area (Å²) in [5.74, 6) is -4.53. The van der Waals surface area contributed by atoms with Gasteiger partial charge in [0.1, 0.15) is 23.9 Å². The standard InChI is InChI=1S/C12H12Cl2N2O8S.Na/c1-6(17)15(25(22)5-8(13)14)7-4-23-16(10(7)19)12(11(20)21)3-2-9(18)24-12;/h5,7H,2-4H2,1H3,(H,20,21);/q;+1/p-1/t7-,12?,25?;/m0./s1. The monoisotopic (exact) mass is 436 g/mol. The molecular weight excluding hydrogens is 426 g/mol. The van der Waals surface area contributed by atoms with Crippen molar-refractivity contribution in [1.82, 2.24) is 9.37 Å². The summed E-state index contributed by atoms with van der Waals surface area (Å²) < 4.78 is 17.1. The summed E-state index contributed by atoms with van der Waals surface area (Å²) in [6.07, 6.45) is -0.651. The van der Waals surface area contributed by atoms with E-state index in [0.29, 0.717) is 9.37 Å². The number of amides is 2. The molecule has 2 amide bonds. The molecule has 2 fully saturated rings. The van der Waals surface area contributed by atoms with Crippen LogP contribution in [0.5, 0.6) is 0 Å². The first-order chi connectivity index (χ1) is 11.6. The number of cyclic esters (lactones) is 1. The summed E-state index contributed by atoms with van der Waals surface area (Å²) in [5.41, 5.74) is -2.44. The van der Waals surface area contributed by atoms with E-state index in [9.17, 15) is 28.8 Å². The fourth-order valence-corrected chi connectivity index (χ4v) is 3.78. The molecule has 0 radical (unpaired) electrons. The van der Waals surface area contributed by atoms with Gasteiger partial charge in [-0.25, -0.2) is 0 Å². The van der Waals surface area contributed by atoms with Crippen LogP contribution < -0.4 is 34.7 Å². The van der Waals surface area contributed by atoms with Gasteiger partial charge in [-0.05, 0) is 0 Å². The number of halogens is 2. The van der Waals surface area contributed by atoms with Crippen LogP contribution in [0.15, 0.2) is 9.90 Å². The predicted molar refractivity (Wildman–Crippen MR) is 80.1 cm³/mol. The van der Waals surface area contributed by atoms with E-state index in [2.05, 4.69) is 0 Å². The van der Waals surface area contributed by atoms with Gasteiger partial charge in [0, 0.05) is 13.3 Å². The third kappa shape index (κ3) is 4.47. The minimum atomic E-state index is -2.44. The van der Waals surface area contributed by atoms with Gasteiger partial charge >= 0.3 is 35.5 Å². The number of nitrogens with zero attached hydrogens (tertiary/aromatic N) is 2. The molecule has 3 atom stereocenters. The normalized spacial score (nSPS) is 26.0. The second-order valence-corrected chi connectivity index (χ2v) is 7.21. The molecule has 0 bridgehead atoms. The van der Waals surface area contributed by atoms with E-state index in [0.717, 1.165) is 12.3 Å². The fraction of sp³-hybridized carbons (Fsp3) is 0.500. The Kier molecular flexibility index (Phi) is 8.24. The number of esters is 1. The zero-order chi connectivity index (χ0) is 18.9. The number of rotatable bonds is 5. The third-order valence-corrected chi connectivity index (χ3v) is 5.24. The Morgan fingerprint density at radius 1 is 1.42 bits per heavy atom. The van der Waals surface area contributed by atoms with E-state index in [1.807, 2.05) is 0 Å². The molecule has 2 aliphatic heterocycles. The summed E-state index contributed by atoms with van der Waals surface area (Å²) in [7, 11) is 0. The third-order valence-electron chi connectivity index (χ3n) is 3.42. The number of carboxylic acids is 1. The Bertz CT molecular complexity index is 661. The van der Waals surface area contributed by atoms with Crippen molar-refractivity contribution >= 4 is 58.3 Å². The second-order valence-electron chi connectivity index (χ2n) is 5.02. The summed E-state index contributed by atoms with van der Waals surface area (Å²) in [6.45, 7) is 0.526. The molecule has 0 aromatic heterocycles. The van der Waals surface area contributed by atoms with Crippen LogP contribution in [0.4, 0.5) is 0 Å². The van der Waals surface area contributed by atoms with E-state index in [1.165, 1.54) is 0 Å². The van der Waals surface area contributed by atoms with Gasteiger partial charge in [0.25, 0.3) is 17.5 Å². The Balaban J connectivity index is 0.00000338. The van der Waals surface area contributed by atoms with E-state index in [-0.39, 0.29) is 42.4 Å². The van der Waals surface area contributed by atoms with Crippen molar-refractivity contribution in [2.45, 2.75) is 31.5 Å². The predicted octanol–water partition coefficient (Wildman–Crippen LogP) is -4.30. The Morgan fingerprint density at radius 3 is 2.46 bits per heavy atom. The molecule has 2 rings (SSSR count). The van der Waals surface area contributed by atoms with Crippen molar-refractivity contribution in [2.24, 2.45) is 0 Å². The van der Waals surface area contributed by atoms with Gasteiger partial charge in [-0.2, -0.15) is 5.06 Å². The first-order valence-corrected chi connectivity index (χ1v) is 8.66. The van der Waals surface area contributed by atoms with Crippen LogP contribution in [0.3, 0.4) is 0 Å². The van der Waals surface area contributed by atoms with Crippen molar-refractivity contribution in [1.29, 1.82) is 0 Å².